The molecule has 0 atom stereocenters. The Bertz CT molecular complexity index is 1780. The molecule has 3 aromatic carbocycles. The van der Waals surface area contributed by atoms with Crippen molar-refractivity contribution in [3.8, 4) is 11.6 Å². The Morgan fingerprint density at radius 3 is 2.41 bits per heavy atom. The van der Waals surface area contributed by atoms with Crippen LogP contribution in [0.4, 0.5) is 5.69 Å². The average molecular weight is 573 g/mol. The normalized spacial score (nSPS) is 14.0. The van der Waals surface area contributed by atoms with Gasteiger partial charge in [-0.1, -0.05) is 60.3 Å². The van der Waals surface area contributed by atoms with Crippen LogP contribution < -0.4 is 5.56 Å². The topological polar surface area (TPSA) is 146 Å². The molecule has 11 nitrogen and oxygen atoms in total. The Hall–Kier alpha value is -4.36. The summed E-state index contributed by atoms with van der Waals surface area (Å²) in [5.74, 6) is -0.656. The number of aromatic hydroxyl groups is 1. The van der Waals surface area contributed by atoms with Crippen LogP contribution in [0.1, 0.15) is 0 Å². The highest BCUT2D eigenvalue weighted by molar-refractivity contribution is 7.99. The molecule has 1 amide bonds. The van der Waals surface area contributed by atoms with E-state index in [1.165, 1.54) is 4.57 Å². The lowest BCUT2D eigenvalue weighted by molar-refractivity contribution is -0.115. The number of nitrogens with zero attached hydrogens (tertiary/aromatic N) is 6. The van der Waals surface area contributed by atoms with Gasteiger partial charge in [0.15, 0.2) is 10.8 Å². The second kappa shape index (κ2) is 12.4. The van der Waals surface area contributed by atoms with Gasteiger partial charge in [0, 0.05) is 18.5 Å². The molecule has 3 N–H and O–H groups in total. The molecule has 0 unspecified atom stereocenters. The van der Waals surface area contributed by atoms with Gasteiger partial charge in [-0.15, -0.1) is 10.2 Å². The predicted octanol–water partition coefficient (Wildman–Crippen LogP) is 3.91. The molecule has 1 fully saturated rings. The zero-order valence-corrected chi connectivity index (χ0v) is 22.8. The fourth-order valence-corrected chi connectivity index (χ4v) is 5.52. The molecule has 5 aromatic rings. The third kappa shape index (κ3) is 5.77. The third-order valence-corrected chi connectivity index (χ3v) is 7.63. The zero-order valence-electron chi connectivity index (χ0n) is 22.0. The van der Waals surface area contributed by atoms with Crippen LogP contribution in [0.25, 0.3) is 27.5 Å². The molecule has 0 bridgehead atoms. The molecule has 0 radical (unpaired) electrons. The summed E-state index contributed by atoms with van der Waals surface area (Å²) in [6.45, 7) is 3.27. The second-order valence-corrected chi connectivity index (χ2v) is 10.2. The van der Waals surface area contributed by atoms with E-state index < -0.39 is 5.91 Å². The van der Waals surface area contributed by atoms with Crippen LogP contribution in [-0.4, -0.2) is 67.6 Å². The lowest BCUT2D eigenvalue weighted by Gasteiger charge is -2.27. The highest BCUT2D eigenvalue weighted by Crippen LogP contribution is 2.39. The van der Waals surface area contributed by atoms with Gasteiger partial charge in [0.1, 0.15) is 0 Å². The molecule has 41 heavy (non-hydrogen) atoms. The van der Waals surface area contributed by atoms with Crippen molar-refractivity contribution in [3.05, 3.63) is 89.2 Å². The Morgan fingerprint density at radius 1 is 0.951 bits per heavy atom. The molecule has 1 aliphatic heterocycles. The van der Waals surface area contributed by atoms with E-state index in [0.717, 1.165) is 30.4 Å². The summed E-state index contributed by atoms with van der Waals surface area (Å²) < 4.78 is 8.70. The number of amides is 1. The van der Waals surface area contributed by atoms with Gasteiger partial charge in [-0.3, -0.25) is 23.6 Å². The number of benzene rings is 3. The van der Waals surface area contributed by atoms with Crippen LogP contribution in [0.2, 0.25) is 0 Å². The minimum Gasteiger partial charge on any atom is -0.493 e. The number of carbonyl (C=O) groups is 1. The number of rotatable bonds is 7. The number of fused-ring (bicyclic) bond motifs is 2. The smallest absolute Gasteiger partial charge is 0.275 e. The summed E-state index contributed by atoms with van der Waals surface area (Å²) in [5.41, 5.74) is 2.03. The highest BCUT2D eigenvalue weighted by atomic mass is 32.2. The molecule has 12 heteroatoms. The van der Waals surface area contributed by atoms with E-state index in [1.54, 1.807) is 22.8 Å². The molecule has 0 aliphatic carbocycles. The average Bonchev–Trinajstić information content (AvgIpc) is 3.26. The molecular weight excluding hydrogens is 544 g/mol. The third-order valence-electron chi connectivity index (χ3n) is 6.71. The van der Waals surface area contributed by atoms with Crippen molar-refractivity contribution in [1.82, 2.24) is 19.0 Å². The van der Waals surface area contributed by atoms with Crippen LogP contribution in [0.15, 0.2) is 99.0 Å². The summed E-state index contributed by atoms with van der Waals surface area (Å²) in [7, 11) is 0. The highest BCUT2D eigenvalue weighted by Gasteiger charge is 2.20. The molecule has 3 heterocycles. The number of para-hydroxylation sites is 3. The molecule has 1 aliphatic rings. The van der Waals surface area contributed by atoms with Crippen LogP contribution in [-0.2, 0) is 16.2 Å². The summed E-state index contributed by atoms with van der Waals surface area (Å²) in [5, 5.41) is 20.7. The van der Waals surface area contributed by atoms with Crippen molar-refractivity contribution in [2.75, 3.05) is 32.1 Å². The van der Waals surface area contributed by atoms with E-state index in [9.17, 15) is 14.7 Å². The van der Waals surface area contributed by atoms with Crippen molar-refractivity contribution in [2.24, 2.45) is 10.2 Å². The maximum absolute atomic E-state index is 13.4. The van der Waals surface area contributed by atoms with E-state index in [2.05, 4.69) is 20.1 Å². The molecule has 210 valence electrons. The molecule has 0 spiro atoms. The Morgan fingerprint density at radius 2 is 1.63 bits per heavy atom. The van der Waals surface area contributed by atoms with Crippen LogP contribution in [0.3, 0.4) is 0 Å². The Labute approximate surface area is 239 Å². The van der Waals surface area contributed by atoms with Crippen molar-refractivity contribution in [3.63, 3.8) is 0 Å². The first-order chi connectivity index (χ1) is 19.6. The number of carbonyl (C=O) groups excluding carboxylic acids is 1. The maximum atomic E-state index is 13.4. The summed E-state index contributed by atoms with van der Waals surface area (Å²) in [4.78, 5) is 33.0. The van der Waals surface area contributed by atoms with Crippen LogP contribution >= 0.6 is 11.8 Å². The monoisotopic (exact) mass is 572 g/mol. The minimum absolute atomic E-state index is 0. The molecule has 0 saturated carbocycles. The minimum atomic E-state index is -0.517. The van der Waals surface area contributed by atoms with Crippen molar-refractivity contribution in [2.45, 2.75) is 11.8 Å². The van der Waals surface area contributed by atoms with E-state index >= 15 is 0 Å². The number of thioether (sulfide) groups is 1. The van der Waals surface area contributed by atoms with Crippen molar-refractivity contribution in [1.29, 1.82) is 0 Å². The molecule has 2 aromatic heterocycles. The van der Waals surface area contributed by atoms with Gasteiger partial charge < -0.3 is 15.3 Å². The summed E-state index contributed by atoms with van der Waals surface area (Å²) in [6, 6.07) is 23.8. The van der Waals surface area contributed by atoms with Crippen molar-refractivity contribution < 1.29 is 20.1 Å². The number of morpholine rings is 1. The summed E-state index contributed by atoms with van der Waals surface area (Å²) >= 11 is 1.11. The number of azo groups is 1. The van der Waals surface area contributed by atoms with Gasteiger partial charge in [0.25, 0.3) is 11.5 Å². The van der Waals surface area contributed by atoms with Gasteiger partial charge >= 0.3 is 0 Å². The van der Waals surface area contributed by atoms with Crippen LogP contribution in [0, 0.1) is 0 Å². The predicted molar refractivity (Wildman–Crippen MR) is 157 cm³/mol. The second-order valence-electron chi connectivity index (χ2n) is 9.26. The largest absolute Gasteiger partial charge is 0.493 e. The fourth-order valence-electron chi connectivity index (χ4n) is 4.73. The fraction of sp³-hybridized carbons (Fsp3) is 0.207. The standard InChI is InChI=1S/C29H26N6O4S.H2O/c36-25(18-40-29-30-23-12-6-4-10-21(23)27(37)35(29)20-8-2-1-3-9-20)31-32-26-22-11-5-7-13-24(22)34(28(26)38)19-33-14-16-39-17-15-33;/h1-13,38H,14-19H2;1H2. The van der Waals surface area contributed by atoms with E-state index in [-0.39, 0.29) is 28.4 Å². The first-order valence-electron chi connectivity index (χ1n) is 12.8. The SMILES string of the molecule is O.O=C(CSc1nc2ccccc2c(=O)n1-c1ccccc1)N=Nc1c(O)n(CN2CCOCC2)c2ccccc12. The van der Waals surface area contributed by atoms with E-state index in [4.69, 9.17) is 4.74 Å². The number of ether oxygens (including phenoxy) is 1. The maximum Gasteiger partial charge on any atom is 0.275 e. The first kappa shape index (κ1) is 28.2. The van der Waals surface area contributed by atoms with Gasteiger partial charge in [-0.05, 0) is 30.3 Å². The quantitative estimate of drug-likeness (QED) is 0.177. The lowest BCUT2D eigenvalue weighted by atomic mass is 10.2. The molecule has 1 saturated heterocycles. The van der Waals surface area contributed by atoms with E-state index in [1.807, 2.05) is 60.7 Å². The molecule has 6 rings (SSSR count). The van der Waals surface area contributed by atoms with Crippen LogP contribution in [0.5, 0.6) is 5.88 Å². The van der Waals surface area contributed by atoms with E-state index in [0.29, 0.717) is 47.0 Å². The lowest BCUT2D eigenvalue weighted by Crippen LogP contribution is -2.37. The van der Waals surface area contributed by atoms with Gasteiger partial charge in [0.05, 0.1) is 47.7 Å². The van der Waals surface area contributed by atoms with Gasteiger partial charge in [-0.25, -0.2) is 4.98 Å². The number of aromatic nitrogens is 3. The van der Waals surface area contributed by atoms with Gasteiger partial charge in [0.2, 0.25) is 5.88 Å². The number of hydrogen-bond acceptors (Lipinski definition) is 8. The van der Waals surface area contributed by atoms with Gasteiger partial charge in [-0.2, -0.15) is 0 Å². The number of hydrogen-bond donors (Lipinski definition) is 1. The Balaban J connectivity index is 0.00000337. The van der Waals surface area contributed by atoms with Crippen molar-refractivity contribution >= 4 is 45.2 Å². The zero-order chi connectivity index (χ0) is 27.5. The summed E-state index contributed by atoms with van der Waals surface area (Å²) in [6.07, 6.45) is 0. The first-order valence-corrected chi connectivity index (χ1v) is 13.8. The Kier molecular flexibility index (Phi) is 8.55. The molecular formula is C29H28N6O5S.